The maximum absolute atomic E-state index is 6.55. The topological polar surface area (TPSA) is 47.9 Å². The van der Waals surface area contributed by atoms with Crippen LogP contribution in [0.2, 0.25) is 10.2 Å². The highest BCUT2D eigenvalue weighted by atomic mass is 35.5. The van der Waals surface area contributed by atoms with Crippen molar-refractivity contribution in [3.05, 3.63) is 45.7 Å². The second kappa shape index (κ2) is 6.43. The summed E-state index contributed by atoms with van der Waals surface area (Å²) in [7, 11) is 1.60. The van der Waals surface area contributed by atoms with Crippen LogP contribution in [0.15, 0.2) is 24.4 Å². The van der Waals surface area contributed by atoms with E-state index in [-0.39, 0.29) is 10.6 Å². The van der Waals surface area contributed by atoms with Gasteiger partial charge in [0.05, 0.1) is 29.9 Å². The number of hydrogen-bond acceptors (Lipinski definition) is 4. The van der Waals surface area contributed by atoms with Crippen LogP contribution in [0.3, 0.4) is 0 Å². The van der Waals surface area contributed by atoms with Crippen molar-refractivity contribution < 1.29 is 4.74 Å². The summed E-state index contributed by atoms with van der Waals surface area (Å²) in [4.78, 5) is 4.68. The Morgan fingerprint density at radius 3 is 2.44 bits per heavy atom. The van der Waals surface area contributed by atoms with E-state index < -0.39 is 0 Å². The number of rotatable bonds is 2. The molecule has 0 aliphatic rings. The molecule has 2 aromatic heterocycles. The summed E-state index contributed by atoms with van der Waals surface area (Å²) in [6, 6.07) is 5.93. The zero-order valence-electron chi connectivity index (χ0n) is 14.8. The van der Waals surface area contributed by atoms with E-state index in [9.17, 15) is 0 Å². The van der Waals surface area contributed by atoms with Gasteiger partial charge in [0.1, 0.15) is 5.75 Å². The van der Waals surface area contributed by atoms with Crippen LogP contribution in [0.5, 0.6) is 5.75 Å². The molecule has 0 bridgehead atoms. The highest BCUT2D eigenvalue weighted by molar-refractivity contribution is 6.34. The first kappa shape index (κ1) is 17.9. The molecular formula is C19H19Cl2N3O. The summed E-state index contributed by atoms with van der Waals surface area (Å²) in [6.45, 7) is 8.49. The van der Waals surface area contributed by atoms with Crippen molar-refractivity contribution in [1.82, 2.24) is 15.2 Å². The van der Waals surface area contributed by atoms with Gasteiger partial charge in [-0.2, -0.15) is 5.10 Å². The zero-order chi connectivity index (χ0) is 18.4. The van der Waals surface area contributed by atoms with Crippen LogP contribution in [-0.4, -0.2) is 22.3 Å². The molecule has 0 radical (unpaired) electrons. The second-order valence-electron chi connectivity index (χ2n) is 7.00. The van der Waals surface area contributed by atoms with Crippen LogP contribution < -0.4 is 4.74 Å². The van der Waals surface area contributed by atoms with Gasteiger partial charge in [0, 0.05) is 16.7 Å². The summed E-state index contributed by atoms with van der Waals surface area (Å²) < 4.78 is 5.49. The number of aryl methyl sites for hydroxylation is 1. The van der Waals surface area contributed by atoms with Crippen molar-refractivity contribution in [2.75, 3.05) is 7.11 Å². The third-order valence-corrected chi connectivity index (χ3v) is 4.74. The number of benzene rings is 1. The molecule has 0 atom stereocenters. The minimum atomic E-state index is -0.0298. The van der Waals surface area contributed by atoms with E-state index >= 15 is 0 Å². The van der Waals surface area contributed by atoms with Gasteiger partial charge < -0.3 is 4.74 Å². The van der Waals surface area contributed by atoms with Crippen LogP contribution in [0.1, 0.15) is 31.9 Å². The number of pyridine rings is 1. The molecular weight excluding hydrogens is 357 g/mol. The fraction of sp³-hybridized carbons (Fsp3) is 0.316. The molecule has 6 heteroatoms. The molecule has 0 amide bonds. The predicted molar refractivity (Wildman–Crippen MR) is 103 cm³/mol. The van der Waals surface area contributed by atoms with Crippen LogP contribution >= 0.6 is 23.2 Å². The van der Waals surface area contributed by atoms with Crippen molar-refractivity contribution >= 4 is 34.1 Å². The average Bonchev–Trinajstić information content (AvgIpc) is 2.54. The number of fused-ring (bicyclic) bond motifs is 1. The number of halogens is 2. The quantitative estimate of drug-likeness (QED) is 0.583. The summed E-state index contributed by atoms with van der Waals surface area (Å²) in [6.07, 6.45) is 1.58. The van der Waals surface area contributed by atoms with Crippen LogP contribution in [0.25, 0.3) is 22.2 Å². The third-order valence-electron chi connectivity index (χ3n) is 4.16. The van der Waals surface area contributed by atoms with Crippen molar-refractivity contribution in [2.45, 2.75) is 33.1 Å². The molecule has 3 aromatic rings. The van der Waals surface area contributed by atoms with E-state index in [1.165, 1.54) is 0 Å². The minimum Gasteiger partial charge on any atom is -0.496 e. The third kappa shape index (κ3) is 3.29. The molecule has 25 heavy (non-hydrogen) atoms. The summed E-state index contributed by atoms with van der Waals surface area (Å²) >= 11 is 12.7. The number of methoxy groups -OCH3 is 1. The molecule has 1 aromatic carbocycles. The van der Waals surface area contributed by atoms with Gasteiger partial charge in [0.2, 0.25) is 0 Å². The van der Waals surface area contributed by atoms with Crippen LogP contribution in [-0.2, 0) is 5.41 Å². The first-order valence-corrected chi connectivity index (χ1v) is 8.65. The van der Waals surface area contributed by atoms with E-state index in [0.29, 0.717) is 16.7 Å². The van der Waals surface area contributed by atoms with Gasteiger partial charge in [-0.1, -0.05) is 50.0 Å². The highest BCUT2D eigenvalue weighted by Crippen LogP contribution is 2.38. The first-order chi connectivity index (χ1) is 11.7. The molecule has 0 saturated heterocycles. The Labute approximate surface area is 157 Å². The van der Waals surface area contributed by atoms with E-state index in [0.717, 1.165) is 27.4 Å². The highest BCUT2D eigenvalue weighted by Gasteiger charge is 2.20. The lowest BCUT2D eigenvalue weighted by Crippen LogP contribution is -2.12. The Hall–Kier alpha value is -1.91. The lowest BCUT2D eigenvalue weighted by atomic mass is 9.85. The van der Waals surface area contributed by atoms with E-state index in [4.69, 9.17) is 27.9 Å². The molecule has 2 heterocycles. The molecule has 0 aliphatic carbocycles. The summed E-state index contributed by atoms with van der Waals surface area (Å²) in [5, 5.41) is 9.39. The predicted octanol–water partition coefficient (Wildman–Crippen LogP) is 5.61. The standard InChI is InChI=1S/C19H19Cl2N3O/c1-10-6-12(19(2,3)4)13(20)7-11(10)14-8-16(25-5)17-15(23-14)9-22-24-18(17)21/h6-9H,1-5H3. The first-order valence-electron chi connectivity index (χ1n) is 7.89. The molecule has 4 nitrogen and oxygen atoms in total. The SMILES string of the molecule is COc1cc(-c2cc(Cl)c(C(C)(C)C)cc2C)nc2cnnc(Cl)c12. The van der Waals surface area contributed by atoms with Crippen LogP contribution in [0, 0.1) is 6.92 Å². The number of ether oxygens (including phenoxy) is 1. The fourth-order valence-corrected chi connectivity index (χ4v) is 3.54. The Bertz CT molecular complexity index is 965. The van der Waals surface area contributed by atoms with E-state index in [1.54, 1.807) is 13.3 Å². The Morgan fingerprint density at radius 2 is 1.80 bits per heavy atom. The van der Waals surface area contributed by atoms with Gasteiger partial charge in [-0.05, 0) is 29.5 Å². The van der Waals surface area contributed by atoms with Gasteiger partial charge in [0.25, 0.3) is 0 Å². The molecule has 0 aliphatic heterocycles. The molecule has 0 unspecified atom stereocenters. The fourth-order valence-electron chi connectivity index (χ4n) is 2.86. The molecule has 0 N–H and O–H groups in total. The molecule has 130 valence electrons. The van der Waals surface area contributed by atoms with E-state index in [2.05, 4.69) is 48.9 Å². The normalized spacial score (nSPS) is 11.8. The Kier molecular flexibility index (Phi) is 4.60. The Morgan fingerprint density at radius 1 is 1.08 bits per heavy atom. The largest absolute Gasteiger partial charge is 0.496 e. The summed E-state index contributed by atoms with van der Waals surface area (Å²) in [5.74, 6) is 0.607. The monoisotopic (exact) mass is 375 g/mol. The molecule has 0 spiro atoms. The lowest BCUT2D eigenvalue weighted by Gasteiger charge is -2.22. The molecule has 3 rings (SSSR count). The second-order valence-corrected chi connectivity index (χ2v) is 7.77. The van der Waals surface area contributed by atoms with Gasteiger partial charge in [-0.25, -0.2) is 4.98 Å². The maximum atomic E-state index is 6.55. The van der Waals surface area contributed by atoms with Crippen molar-refractivity contribution in [3.63, 3.8) is 0 Å². The number of hydrogen-bond donors (Lipinski definition) is 0. The molecule has 0 fully saturated rings. The average molecular weight is 376 g/mol. The maximum Gasteiger partial charge on any atom is 0.164 e. The van der Waals surface area contributed by atoms with Crippen molar-refractivity contribution in [1.29, 1.82) is 0 Å². The van der Waals surface area contributed by atoms with Gasteiger partial charge in [-0.15, -0.1) is 5.10 Å². The van der Waals surface area contributed by atoms with Crippen molar-refractivity contribution in [3.8, 4) is 17.0 Å². The van der Waals surface area contributed by atoms with Crippen LogP contribution in [0.4, 0.5) is 0 Å². The van der Waals surface area contributed by atoms with Crippen molar-refractivity contribution in [2.24, 2.45) is 0 Å². The lowest BCUT2D eigenvalue weighted by molar-refractivity contribution is 0.419. The number of nitrogens with zero attached hydrogens (tertiary/aromatic N) is 3. The summed E-state index contributed by atoms with van der Waals surface area (Å²) in [5.41, 5.74) is 4.51. The van der Waals surface area contributed by atoms with Gasteiger partial charge in [-0.3, -0.25) is 0 Å². The van der Waals surface area contributed by atoms with Gasteiger partial charge in [0.15, 0.2) is 5.15 Å². The smallest absolute Gasteiger partial charge is 0.164 e. The zero-order valence-corrected chi connectivity index (χ0v) is 16.3. The van der Waals surface area contributed by atoms with E-state index in [1.807, 2.05) is 12.1 Å². The molecule has 0 saturated carbocycles. The van der Waals surface area contributed by atoms with Gasteiger partial charge >= 0.3 is 0 Å². The number of aromatic nitrogens is 3. The Balaban J connectivity index is 2.25. The minimum absolute atomic E-state index is 0.0298.